The molecule has 0 aliphatic carbocycles. The topological polar surface area (TPSA) is 16.4 Å². The maximum Gasteiger partial charge on any atom is 0.137 e. The Morgan fingerprint density at radius 2 is 2.16 bits per heavy atom. The normalized spacial score (nSPS) is 24.4. The first-order valence-corrected chi connectivity index (χ1v) is 6.52. The van der Waals surface area contributed by atoms with Gasteiger partial charge in [-0.25, -0.2) is 4.39 Å². The Labute approximate surface area is 119 Å². The van der Waals surface area contributed by atoms with Gasteiger partial charge in [-0.15, -0.1) is 12.4 Å². The molecule has 1 fully saturated rings. The fourth-order valence-corrected chi connectivity index (χ4v) is 2.95. The molecule has 104 valence electrons. The van der Waals surface area contributed by atoms with E-state index in [0.717, 1.165) is 35.9 Å². The van der Waals surface area contributed by atoms with Crippen LogP contribution >= 0.6 is 12.4 Å². The third-order valence-electron chi connectivity index (χ3n) is 4.19. The van der Waals surface area contributed by atoms with Gasteiger partial charge in [0.25, 0.3) is 0 Å². The zero-order valence-electron chi connectivity index (χ0n) is 11.2. The van der Waals surface area contributed by atoms with E-state index in [1.54, 1.807) is 18.4 Å². The summed E-state index contributed by atoms with van der Waals surface area (Å²) in [5.41, 5.74) is 1.90. The van der Waals surface area contributed by atoms with Crippen LogP contribution in [0.2, 0.25) is 0 Å². The van der Waals surface area contributed by atoms with Crippen molar-refractivity contribution in [3.8, 4) is 0 Å². The molecular weight excluding hydrogens is 265 g/mol. The van der Waals surface area contributed by atoms with Crippen molar-refractivity contribution in [2.24, 2.45) is 0 Å². The molecule has 0 saturated carbocycles. The van der Waals surface area contributed by atoms with E-state index in [0.29, 0.717) is 12.0 Å². The van der Waals surface area contributed by atoms with Crippen molar-refractivity contribution in [3.05, 3.63) is 35.8 Å². The van der Waals surface area contributed by atoms with Crippen LogP contribution in [0.1, 0.15) is 31.2 Å². The van der Waals surface area contributed by atoms with Gasteiger partial charge in [-0.05, 0) is 57.5 Å². The van der Waals surface area contributed by atoms with Gasteiger partial charge in [0.05, 0.1) is 6.26 Å². The number of benzene rings is 1. The molecule has 2 nitrogen and oxygen atoms in total. The molecule has 0 amide bonds. The molecule has 1 aromatic heterocycles. The minimum Gasteiger partial charge on any atom is -0.464 e. The molecule has 3 rings (SSSR count). The molecule has 0 N–H and O–H groups in total. The second-order valence-corrected chi connectivity index (χ2v) is 5.38. The first kappa shape index (κ1) is 14.4. The Balaban J connectivity index is 0.00000133. The van der Waals surface area contributed by atoms with E-state index in [9.17, 15) is 4.39 Å². The van der Waals surface area contributed by atoms with Gasteiger partial charge >= 0.3 is 0 Å². The maximum absolute atomic E-state index is 13.7. The number of rotatable bonds is 1. The monoisotopic (exact) mass is 283 g/mol. The Hall–Kier alpha value is -1.06. The number of hydrogen-bond acceptors (Lipinski definition) is 2. The van der Waals surface area contributed by atoms with Crippen LogP contribution in [0.25, 0.3) is 11.0 Å². The summed E-state index contributed by atoms with van der Waals surface area (Å²) in [7, 11) is 2.15. The van der Waals surface area contributed by atoms with E-state index >= 15 is 0 Å². The van der Waals surface area contributed by atoms with Crippen LogP contribution in [0, 0.1) is 5.82 Å². The molecule has 1 aliphatic heterocycles. The first-order chi connectivity index (χ1) is 8.65. The maximum atomic E-state index is 13.7. The molecule has 0 radical (unpaired) electrons. The minimum absolute atomic E-state index is 0. The lowest BCUT2D eigenvalue weighted by atomic mass is 9.85. The highest BCUT2D eigenvalue weighted by Gasteiger charge is 2.26. The van der Waals surface area contributed by atoms with Gasteiger partial charge in [-0.2, -0.15) is 0 Å². The third-order valence-corrected chi connectivity index (χ3v) is 4.19. The molecule has 4 heteroatoms. The van der Waals surface area contributed by atoms with E-state index in [1.165, 1.54) is 0 Å². The van der Waals surface area contributed by atoms with Crippen LogP contribution < -0.4 is 0 Å². The Kier molecular flexibility index (Phi) is 4.16. The van der Waals surface area contributed by atoms with Gasteiger partial charge < -0.3 is 9.32 Å². The van der Waals surface area contributed by atoms with Crippen molar-refractivity contribution in [2.45, 2.75) is 31.7 Å². The molecule has 19 heavy (non-hydrogen) atoms. The second-order valence-electron chi connectivity index (χ2n) is 5.38. The summed E-state index contributed by atoms with van der Waals surface area (Å²) >= 11 is 0. The number of piperidine rings is 1. The number of hydrogen-bond donors (Lipinski definition) is 0. The number of furan rings is 1. The smallest absolute Gasteiger partial charge is 0.137 e. The van der Waals surface area contributed by atoms with Crippen molar-refractivity contribution >= 4 is 23.4 Å². The lowest BCUT2D eigenvalue weighted by Gasteiger charge is -2.35. The zero-order valence-corrected chi connectivity index (χ0v) is 12.0. The molecular formula is C15H19ClFNO. The quantitative estimate of drug-likeness (QED) is 0.780. The first-order valence-electron chi connectivity index (χ1n) is 6.52. The summed E-state index contributed by atoms with van der Waals surface area (Å²) in [4.78, 5) is 2.36. The summed E-state index contributed by atoms with van der Waals surface area (Å²) in [6.07, 6.45) is 3.78. The molecule has 2 heterocycles. The zero-order chi connectivity index (χ0) is 12.7. The van der Waals surface area contributed by atoms with Crippen LogP contribution in [-0.2, 0) is 0 Å². The number of nitrogens with zero attached hydrogens (tertiary/aromatic N) is 1. The van der Waals surface area contributed by atoms with Crippen molar-refractivity contribution in [2.75, 3.05) is 13.6 Å². The molecule has 0 bridgehead atoms. The number of halogens is 2. The van der Waals surface area contributed by atoms with E-state index in [1.807, 2.05) is 6.07 Å². The summed E-state index contributed by atoms with van der Waals surface area (Å²) in [6.45, 7) is 3.29. The largest absolute Gasteiger partial charge is 0.464 e. The molecule has 2 unspecified atom stereocenters. The lowest BCUT2D eigenvalue weighted by Crippen LogP contribution is -2.36. The van der Waals surface area contributed by atoms with Crippen LogP contribution in [-0.4, -0.2) is 24.5 Å². The van der Waals surface area contributed by atoms with E-state index in [-0.39, 0.29) is 18.2 Å². The molecule has 0 spiro atoms. The fraction of sp³-hybridized carbons (Fsp3) is 0.467. The van der Waals surface area contributed by atoms with Gasteiger partial charge in [0.2, 0.25) is 0 Å². The molecule has 1 aliphatic rings. The number of likely N-dealkylation sites (tertiary alicyclic amines) is 1. The molecule has 1 aromatic carbocycles. The number of fused-ring (bicyclic) bond motifs is 1. The average molecular weight is 284 g/mol. The third kappa shape index (κ3) is 2.63. The standard InChI is InChI=1S/C15H18FNO.ClH/c1-10-7-11(3-5-17(10)2)14-9-13(16)8-12-4-6-18-15(12)14;/h4,6,8-11H,3,5,7H2,1-2H3;1H. The molecule has 2 atom stereocenters. The van der Waals surface area contributed by atoms with Crippen LogP contribution in [0.5, 0.6) is 0 Å². The predicted molar refractivity (Wildman–Crippen MR) is 77.5 cm³/mol. The second kappa shape index (κ2) is 5.51. The van der Waals surface area contributed by atoms with E-state index in [4.69, 9.17) is 4.42 Å². The van der Waals surface area contributed by atoms with E-state index in [2.05, 4.69) is 18.9 Å². The van der Waals surface area contributed by atoms with Crippen LogP contribution in [0.15, 0.2) is 28.9 Å². The predicted octanol–water partition coefficient (Wildman–Crippen LogP) is 4.19. The summed E-state index contributed by atoms with van der Waals surface area (Å²) in [6, 6.07) is 5.56. The highest BCUT2D eigenvalue weighted by atomic mass is 35.5. The van der Waals surface area contributed by atoms with Crippen molar-refractivity contribution in [3.63, 3.8) is 0 Å². The van der Waals surface area contributed by atoms with E-state index < -0.39 is 0 Å². The molecule has 1 saturated heterocycles. The fourth-order valence-electron chi connectivity index (χ4n) is 2.95. The Morgan fingerprint density at radius 1 is 1.37 bits per heavy atom. The van der Waals surface area contributed by atoms with Crippen LogP contribution in [0.3, 0.4) is 0 Å². The highest BCUT2D eigenvalue weighted by molar-refractivity contribution is 5.85. The average Bonchev–Trinajstić information content (AvgIpc) is 2.79. The minimum atomic E-state index is -0.162. The van der Waals surface area contributed by atoms with Gasteiger partial charge in [0, 0.05) is 17.0 Å². The van der Waals surface area contributed by atoms with Crippen molar-refractivity contribution < 1.29 is 8.81 Å². The van der Waals surface area contributed by atoms with Crippen molar-refractivity contribution in [1.29, 1.82) is 0 Å². The van der Waals surface area contributed by atoms with Crippen LogP contribution in [0.4, 0.5) is 4.39 Å². The highest BCUT2D eigenvalue weighted by Crippen LogP contribution is 2.35. The SMILES string of the molecule is CC1CC(c2cc(F)cc3ccoc23)CCN1C.Cl. The van der Waals surface area contributed by atoms with Gasteiger partial charge in [-0.3, -0.25) is 0 Å². The molecule has 2 aromatic rings. The Morgan fingerprint density at radius 3 is 2.89 bits per heavy atom. The van der Waals surface area contributed by atoms with Gasteiger partial charge in [-0.1, -0.05) is 0 Å². The summed E-state index contributed by atoms with van der Waals surface area (Å²) < 4.78 is 19.2. The Bertz CT molecular complexity index is 568. The van der Waals surface area contributed by atoms with Gasteiger partial charge in [0.1, 0.15) is 11.4 Å². The summed E-state index contributed by atoms with van der Waals surface area (Å²) in [5.74, 6) is 0.242. The summed E-state index contributed by atoms with van der Waals surface area (Å²) in [5, 5.41) is 0.872. The van der Waals surface area contributed by atoms with Crippen molar-refractivity contribution in [1.82, 2.24) is 4.90 Å². The van der Waals surface area contributed by atoms with Gasteiger partial charge in [0.15, 0.2) is 0 Å². The lowest BCUT2D eigenvalue weighted by molar-refractivity contribution is 0.182.